The molecule has 3 heteroatoms. The molecule has 1 rings (SSSR count). The third-order valence-electron chi connectivity index (χ3n) is 0.652. The Balaban J connectivity index is 2.51. The zero-order valence-corrected chi connectivity index (χ0v) is 4.49. The van der Waals surface area contributed by atoms with E-state index in [0.29, 0.717) is 6.54 Å². The fourth-order valence-electron chi connectivity index (χ4n) is 0.330. The zero-order valence-electron chi connectivity index (χ0n) is 3.68. The number of rotatable bonds is 0. The summed E-state index contributed by atoms with van der Waals surface area (Å²) >= 11 is 1.45. The lowest BCUT2D eigenvalue weighted by Gasteiger charge is -1.99. The van der Waals surface area contributed by atoms with E-state index in [9.17, 15) is 4.79 Å². The number of ketones is 1. The van der Waals surface area contributed by atoms with E-state index < -0.39 is 0 Å². The molecular weight excluding hydrogens is 110 g/mol. The van der Waals surface area contributed by atoms with Crippen LogP contribution in [0.3, 0.4) is 0 Å². The Morgan fingerprint density at radius 2 is 2.71 bits per heavy atom. The van der Waals surface area contributed by atoms with Gasteiger partial charge in [0.25, 0.3) is 0 Å². The molecule has 0 fully saturated rings. The van der Waals surface area contributed by atoms with Gasteiger partial charge in [0.15, 0.2) is 5.78 Å². The van der Waals surface area contributed by atoms with Crippen LogP contribution in [-0.4, -0.2) is 12.3 Å². The van der Waals surface area contributed by atoms with Crippen LogP contribution in [0.4, 0.5) is 0 Å². The third-order valence-corrected chi connectivity index (χ3v) is 1.23. The Morgan fingerprint density at radius 1 is 1.86 bits per heavy atom. The first-order chi connectivity index (χ1) is 3.39. The molecule has 0 bridgehead atoms. The Kier molecular flexibility index (Phi) is 1.49. The van der Waals surface area contributed by atoms with E-state index in [1.165, 1.54) is 11.9 Å². The van der Waals surface area contributed by atoms with Crippen LogP contribution >= 0.6 is 11.9 Å². The molecule has 0 saturated heterocycles. The molecule has 1 heterocycles. The molecule has 7 heavy (non-hydrogen) atoms. The quantitative estimate of drug-likeness (QED) is 0.461. The van der Waals surface area contributed by atoms with Crippen molar-refractivity contribution >= 4 is 17.7 Å². The topological polar surface area (TPSA) is 29.1 Å². The van der Waals surface area contributed by atoms with Crippen molar-refractivity contribution in [1.29, 1.82) is 0 Å². The van der Waals surface area contributed by atoms with Crippen LogP contribution in [0, 0.1) is 0 Å². The van der Waals surface area contributed by atoms with Gasteiger partial charge in [0, 0.05) is 0 Å². The molecule has 1 aliphatic heterocycles. The minimum atomic E-state index is 0.152. The van der Waals surface area contributed by atoms with Crippen molar-refractivity contribution in [3.05, 3.63) is 11.5 Å². The molecule has 0 atom stereocenters. The highest BCUT2D eigenvalue weighted by Gasteiger charge is 1.97. The number of hydrogen-bond acceptors (Lipinski definition) is 3. The normalized spacial score (nSPS) is 20.3. The van der Waals surface area contributed by atoms with E-state index >= 15 is 0 Å². The highest BCUT2D eigenvalue weighted by molar-refractivity contribution is 8.00. The van der Waals surface area contributed by atoms with Crippen molar-refractivity contribution in [2.45, 2.75) is 0 Å². The van der Waals surface area contributed by atoms with Gasteiger partial charge in [-0.2, -0.15) is 0 Å². The van der Waals surface area contributed by atoms with Crippen molar-refractivity contribution in [2.75, 3.05) is 6.54 Å². The molecule has 2 nitrogen and oxygen atoms in total. The average molecular weight is 115 g/mol. The average Bonchev–Trinajstić information content (AvgIpc) is 1.69. The molecule has 0 aromatic carbocycles. The van der Waals surface area contributed by atoms with Crippen LogP contribution in [0.5, 0.6) is 0 Å². The minimum absolute atomic E-state index is 0.152. The van der Waals surface area contributed by atoms with Gasteiger partial charge in [0.2, 0.25) is 0 Å². The highest BCUT2D eigenvalue weighted by atomic mass is 32.2. The molecule has 1 N–H and O–H groups in total. The summed E-state index contributed by atoms with van der Waals surface area (Å²) in [7, 11) is 0. The van der Waals surface area contributed by atoms with Crippen LogP contribution in [-0.2, 0) is 4.79 Å². The molecule has 0 unspecified atom stereocenters. The maximum Gasteiger partial charge on any atom is 0.170 e. The lowest BCUT2D eigenvalue weighted by molar-refractivity contribution is -0.113. The van der Waals surface area contributed by atoms with E-state index in [-0.39, 0.29) is 5.78 Å². The summed E-state index contributed by atoms with van der Waals surface area (Å²) in [6.07, 6.45) is 1.57. The Bertz CT molecular complexity index is 110. The second-order valence-electron chi connectivity index (χ2n) is 1.21. The molecule has 0 aliphatic carbocycles. The first-order valence-electron chi connectivity index (χ1n) is 1.97. The summed E-state index contributed by atoms with van der Waals surface area (Å²) in [5.74, 6) is 0.152. The predicted octanol–water partition coefficient (Wildman–Crippen LogP) is 0.321. The number of nitrogens with one attached hydrogen (secondary N) is 1. The fourth-order valence-corrected chi connectivity index (χ4v) is 0.871. The number of carbonyl (C=O) groups is 1. The van der Waals surface area contributed by atoms with Crippen LogP contribution in [0.2, 0.25) is 0 Å². The smallest absolute Gasteiger partial charge is 0.170 e. The number of carbonyl (C=O) groups excluding carboxylic acids is 1. The van der Waals surface area contributed by atoms with Gasteiger partial charge < -0.3 is 0 Å². The Labute approximate surface area is 46.1 Å². The Hall–Kier alpha value is -0.280. The summed E-state index contributed by atoms with van der Waals surface area (Å²) in [6.45, 7) is 0.473. The first kappa shape index (κ1) is 4.87. The molecule has 0 amide bonds. The zero-order chi connectivity index (χ0) is 5.11. The summed E-state index contributed by atoms with van der Waals surface area (Å²) in [4.78, 5) is 10.3. The van der Waals surface area contributed by atoms with Crippen molar-refractivity contribution in [3.8, 4) is 0 Å². The molecule has 0 radical (unpaired) electrons. The summed E-state index contributed by atoms with van der Waals surface area (Å²) < 4.78 is 2.81. The first-order valence-corrected chi connectivity index (χ1v) is 2.85. The van der Waals surface area contributed by atoms with Gasteiger partial charge in [-0.15, -0.1) is 0 Å². The summed E-state index contributed by atoms with van der Waals surface area (Å²) in [5, 5.41) is 1.74. The standard InChI is InChI=1S/C4H5NOS/c6-4-1-2-7-5-3-4/h1-2,5H,3H2. The molecule has 0 aromatic rings. The monoisotopic (exact) mass is 115 g/mol. The van der Waals surface area contributed by atoms with Crippen LogP contribution in [0.25, 0.3) is 0 Å². The molecule has 0 spiro atoms. The van der Waals surface area contributed by atoms with Gasteiger partial charge in [0.1, 0.15) is 0 Å². The van der Waals surface area contributed by atoms with Crippen LogP contribution in [0.15, 0.2) is 11.5 Å². The maximum absolute atomic E-state index is 10.3. The maximum atomic E-state index is 10.3. The highest BCUT2D eigenvalue weighted by Crippen LogP contribution is 1.99. The van der Waals surface area contributed by atoms with E-state index in [1.54, 1.807) is 11.5 Å². The van der Waals surface area contributed by atoms with Gasteiger partial charge in [-0.1, -0.05) is 11.9 Å². The molecule has 0 saturated carbocycles. The number of hydrogen-bond donors (Lipinski definition) is 1. The molecule has 38 valence electrons. The van der Waals surface area contributed by atoms with Gasteiger partial charge in [-0.25, -0.2) is 0 Å². The largest absolute Gasteiger partial charge is 0.293 e. The van der Waals surface area contributed by atoms with Crippen molar-refractivity contribution in [3.63, 3.8) is 0 Å². The third kappa shape index (κ3) is 1.33. The summed E-state index contributed by atoms with van der Waals surface area (Å²) in [6, 6.07) is 0. The second kappa shape index (κ2) is 2.14. The summed E-state index contributed by atoms with van der Waals surface area (Å²) in [5.41, 5.74) is 0. The molecular formula is C4H5NOS. The van der Waals surface area contributed by atoms with E-state index in [1.807, 2.05) is 0 Å². The van der Waals surface area contributed by atoms with Gasteiger partial charge in [-0.05, 0) is 11.5 Å². The Morgan fingerprint density at radius 3 is 3.00 bits per heavy atom. The minimum Gasteiger partial charge on any atom is -0.293 e. The van der Waals surface area contributed by atoms with Crippen molar-refractivity contribution < 1.29 is 4.79 Å². The van der Waals surface area contributed by atoms with Gasteiger partial charge >= 0.3 is 0 Å². The lowest BCUT2D eigenvalue weighted by atomic mass is 10.4. The molecule has 0 aromatic heterocycles. The lowest BCUT2D eigenvalue weighted by Crippen LogP contribution is -2.16. The molecule has 1 aliphatic rings. The van der Waals surface area contributed by atoms with Crippen molar-refractivity contribution in [1.82, 2.24) is 4.72 Å². The van der Waals surface area contributed by atoms with Gasteiger partial charge in [0.05, 0.1) is 6.54 Å². The van der Waals surface area contributed by atoms with Gasteiger partial charge in [-0.3, -0.25) is 9.52 Å². The second-order valence-corrected chi connectivity index (χ2v) is 2.00. The predicted molar refractivity (Wildman–Crippen MR) is 29.7 cm³/mol. The van der Waals surface area contributed by atoms with E-state index in [2.05, 4.69) is 4.72 Å². The van der Waals surface area contributed by atoms with E-state index in [0.717, 1.165) is 0 Å². The SMILES string of the molecule is O=C1C=CSNC1. The fraction of sp³-hybridized carbons (Fsp3) is 0.250. The van der Waals surface area contributed by atoms with E-state index in [4.69, 9.17) is 0 Å². The van der Waals surface area contributed by atoms with Crippen LogP contribution < -0.4 is 4.72 Å². The van der Waals surface area contributed by atoms with Crippen molar-refractivity contribution in [2.24, 2.45) is 0 Å². The van der Waals surface area contributed by atoms with Crippen LogP contribution in [0.1, 0.15) is 0 Å².